The van der Waals surface area contributed by atoms with Crippen molar-refractivity contribution in [2.75, 3.05) is 36.7 Å². The number of likely N-dealkylation sites (N-methyl/N-ethyl adjacent to an activating group) is 1. The molecule has 1 atom stereocenters. The largest absolute Gasteiger partial charge is 0.482 e. The van der Waals surface area contributed by atoms with Crippen molar-refractivity contribution < 1.29 is 14.3 Å². The van der Waals surface area contributed by atoms with Gasteiger partial charge in [0.25, 0.3) is 5.91 Å². The van der Waals surface area contributed by atoms with Crippen LogP contribution in [0.15, 0.2) is 18.2 Å². The van der Waals surface area contributed by atoms with E-state index in [1.807, 2.05) is 18.2 Å². The van der Waals surface area contributed by atoms with Crippen molar-refractivity contribution in [3.63, 3.8) is 0 Å². The predicted octanol–water partition coefficient (Wildman–Crippen LogP) is 0.363. The Bertz CT molecular complexity index is 587. The van der Waals surface area contributed by atoms with Crippen LogP contribution in [0.5, 0.6) is 5.75 Å². The summed E-state index contributed by atoms with van der Waals surface area (Å²) in [4.78, 5) is 25.2. The van der Waals surface area contributed by atoms with Crippen molar-refractivity contribution in [3.05, 3.63) is 23.8 Å². The maximum atomic E-state index is 11.9. The Balaban J connectivity index is 1.57. The molecule has 0 aliphatic carbocycles. The number of nitrogens with one attached hydrogen (secondary N) is 2. The Morgan fingerprint density at radius 1 is 1.55 bits per heavy atom. The van der Waals surface area contributed by atoms with Crippen LogP contribution in [0, 0.1) is 0 Å². The van der Waals surface area contributed by atoms with Crippen molar-refractivity contribution >= 4 is 29.3 Å². The molecule has 2 aliphatic rings. The first-order valence-electron chi connectivity index (χ1n) is 7.26. The fraction of sp³-hybridized carbons (Fsp3) is 0.467. The summed E-state index contributed by atoms with van der Waals surface area (Å²) >= 11 is 1.73. The summed E-state index contributed by atoms with van der Waals surface area (Å²) in [5, 5.41) is 6.09. The third-order valence-corrected chi connectivity index (χ3v) is 4.80. The summed E-state index contributed by atoms with van der Waals surface area (Å²) in [6.45, 7) is 0.671. The normalized spacial score (nSPS) is 20.5. The minimum absolute atomic E-state index is 0.0530. The van der Waals surface area contributed by atoms with Crippen LogP contribution in [0.4, 0.5) is 5.69 Å². The Hall–Kier alpha value is -1.73. The smallest absolute Gasteiger partial charge is 0.264 e. The number of thioether (sulfide) groups is 1. The molecule has 1 aromatic rings. The van der Waals surface area contributed by atoms with Crippen LogP contribution < -0.4 is 20.3 Å². The fourth-order valence-electron chi connectivity index (χ4n) is 2.49. The van der Waals surface area contributed by atoms with Crippen LogP contribution in [0.2, 0.25) is 0 Å². The minimum atomic E-state index is -0.0781. The zero-order chi connectivity index (χ0) is 15.5. The third-order valence-electron chi connectivity index (χ3n) is 3.86. The van der Waals surface area contributed by atoms with Crippen LogP contribution in [-0.2, 0) is 16.0 Å². The summed E-state index contributed by atoms with van der Waals surface area (Å²) in [6.07, 6.45) is 0.723. The van der Waals surface area contributed by atoms with Gasteiger partial charge in [-0.25, -0.2) is 0 Å². The lowest BCUT2D eigenvalue weighted by atomic mass is 10.1. The van der Waals surface area contributed by atoms with Crippen LogP contribution in [0.1, 0.15) is 5.56 Å². The number of rotatable bonds is 4. The lowest BCUT2D eigenvalue weighted by Gasteiger charge is -2.26. The van der Waals surface area contributed by atoms with Crippen LogP contribution >= 0.6 is 11.8 Å². The van der Waals surface area contributed by atoms with E-state index in [4.69, 9.17) is 4.74 Å². The molecule has 2 amide bonds. The van der Waals surface area contributed by atoms with E-state index < -0.39 is 0 Å². The van der Waals surface area contributed by atoms with Gasteiger partial charge in [0.2, 0.25) is 5.91 Å². The van der Waals surface area contributed by atoms with Crippen molar-refractivity contribution in [3.8, 4) is 5.75 Å². The van der Waals surface area contributed by atoms with E-state index in [1.54, 1.807) is 23.7 Å². The van der Waals surface area contributed by atoms with E-state index in [0.717, 1.165) is 35.1 Å². The van der Waals surface area contributed by atoms with Crippen molar-refractivity contribution in [1.82, 2.24) is 10.6 Å². The van der Waals surface area contributed by atoms with Gasteiger partial charge in [-0.15, -0.1) is 11.8 Å². The Labute approximate surface area is 133 Å². The zero-order valence-corrected chi connectivity index (χ0v) is 13.2. The maximum Gasteiger partial charge on any atom is 0.264 e. The van der Waals surface area contributed by atoms with Crippen molar-refractivity contribution in [2.45, 2.75) is 12.5 Å². The molecule has 22 heavy (non-hydrogen) atoms. The van der Waals surface area contributed by atoms with Gasteiger partial charge in [0.15, 0.2) is 6.61 Å². The van der Waals surface area contributed by atoms with E-state index in [0.29, 0.717) is 6.54 Å². The number of fused-ring (bicyclic) bond motifs is 1. The summed E-state index contributed by atoms with van der Waals surface area (Å²) < 4.78 is 5.40. The first-order chi connectivity index (χ1) is 10.6. The Kier molecular flexibility index (Phi) is 4.54. The minimum Gasteiger partial charge on any atom is -0.482 e. The van der Waals surface area contributed by atoms with Gasteiger partial charge < -0.3 is 15.0 Å². The number of anilines is 1. The lowest BCUT2D eigenvalue weighted by Crippen LogP contribution is -2.42. The van der Waals surface area contributed by atoms with Crippen LogP contribution in [0.3, 0.4) is 0 Å². The number of amides is 2. The van der Waals surface area contributed by atoms with E-state index in [1.165, 1.54) is 0 Å². The Morgan fingerprint density at radius 3 is 3.18 bits per heavy atom. The summed E-state index contributed by atoms with van der Waals surface area (Å²) in [7, 11) is 1.75. The lowest BCUT2D eigenvalue weighted by molar-refractivity contribution is -0.122. The molecule has 7 heteroatoms. The van der Waals surface area contributed by atoms with Gasteiger partial charge in [-0.3, -0.25) is 14.9 Å². The predicted molar refractivity (Wildman–Crippen MR) is 86.3 cm³/mol. The molecule has 1 unspecified atom stereocenters. The van der Waals surface area contributed by atoms with Crippen LogP contribution in [-0.4, -0.2) is 49.7 Å². The molecule has 2 aliphatic heterocycles. The fourth-order valence-corrected chi connectivity index (χ4v) is 3.43. The highest BCUT2D eigenvalue weighted by molar-refractivity contribution is 7.99. The SMILES string of the molecule is CN1C(=O)COc2ccc(CCNC(=O)C3CSCN3)cc21. The molecule has 0 radical (unpaired) electrons. The molecular formula is C15H19N3O3S. The van der Waals surface area contributed by atoms with Gasteiger partial charge in [-0.1, -0.05) is 6.07 Å². The second-order valence-corrected chi connectivity index (χ2v) is 6.39. The highest BCUT2D eigenvalue weighted by Crippen LogP contribution is 2.31. The number of benzene rings is 1. The number of carbonyl (C=O) groups excluding carboxylic acids is 2. The average Bonchev–Trinajstić information content (AvgIpc) is 3.06. The second kappa shape index (κ2) is 6.58. The standard InChI is InChI=1S/C15H19N3O3S/c1-18-12-6-10(2-3-13(12)21-7-14(18)19)4-5-16-15(20)11-8-22-9-17-11/h2-3,6,11,17H,4-5,7-9H2,1H3,(H,16,20). The number of nitrogens with zero attached hydrogens (tertiary/aromatic N) is 1. The number of carbonyl (C=O) groups is 2. The van der Waals surface area contributed by atoms with Gasteiger partial charge in [-0.05, 0) is 24.1 Å². The van der Waals surface area contributed by atoms with E-state index in [2.05, 4.69) is 10.6 Å². The molecule has 1 saturated heterocycles. The molecule has 0 saturated carbocycles. The highest BCUT2D eigenvalue weighted by Gasteiger charge is 2.23. The summed E-state index contributed by atoms with van der Waals surface area (Å²) in [5.74, 6) is 2.39. The number of hydrogen-bond donors (Lipinski definition) is 2. The van der Waals surface area contributed by atoms with Gasteiger partial charge in [0, 0.05) is 25.2 Å². The maximum absolute atomic E-state index is 11.9. The molecule has 2 heterocycles. The molecule has 1 aromatic carbocycles. The monoisotopic (exact) mass is 321 g/mol. The van der Waals surface area contributed by atoms with E-state index in [9.17, 15) is 9.59 Å². The highest BCUT2D eigenvalue weighted by atomic mass is 32.2. The van der Waals surface area contributed by atoms with E-state index >= 15 is 0 Å². The second-order valence-electron chi connectivity index (χ2n) is 5.36. The average molecular weight is 321 g/mol. The first kappa shape index (κ1) is 15.2. The molecular weight excluding hydrogens is 302 g/mol. The molecule has 6 nitrogen and oxygen atoms in total. The van der Waals surface area contributed by atoms with Crippen molar-refractivity contribution in [1.29, 1.82) is 0 Å². The summed E-state index contributed by atoms with van der Waals surface area (Å²) in [5.41, 5.74) is 1.85. The van der Waals surface area contributed by atoms with Crippen LogP contribution in [0.25, 0.3) is 0 Å². The third kappa shape index (κ3) is 3.20. The number of hydrogen-bond acceptors (Lipinski definition) is 5. The van der Waals surface area contributed by atoms with E-state index in [-0.39, 0.29) is 24.5 Å². The zero-order valence-electron chi connectivity index (χ0n) is 12.4. The molecule has 3 rings (SSSR count). The quantitative estimate of drug-likeness (QED) is 0.838. The first-order valence-corrected chi connectivity index (χ1v) is 8.42. The molecule has 0 spiro atoms. The molecule has 0 aromatic heterocycles. The topological polar surface area (TPSA) is 70.7 Å². The number of ether oxygens (including phenoxy) is 1. The Morgan fingerprint density at radius 2 is 2.41 bits per heavy atom. The summed E-state index contributed by atoms with van der Waals surface area (Å²) in [6, 6.07) is 5.72. The molecule has 0 bridgehead atoms. The molecule has 2 N–H and O–H groups in total. The molecule has 1 fully saturated rings. The van der Waals surface area contributed by atoms with Gasteiger partial charge in [0.05, 0.1) is 11.7 Å². The molecule has 118 valence electrons. The van der Waals surface area contributed by atoms with Gasteiger partial charge >= 0.3 is 0 Å². The van der Waals surface area contributed by atoms with Gasteiger partial charge in [0.1, 0.15) is 5.75 Å². The van der Waals surface area contributed by atoms with Crippen molar-refractivity contribution in [2.24, 2.45) is 0 Å². The van der Waals surface area contributed by atoms with Gasteiger partial charge in [-0.2, -0.15) is 0 Å².